The molecule has 0 aliphatic heterocycles. The van der Waals surface area contributed by atoms with Gasteiger partial charge in [0.25, 0.3) is 0 Å². The van der Waals surface area contributed by atoms with Gasteiger partial charge in [-0.15, -0.1) is 0 Å². The zero-order valence-corrected chi connectivity index (χ0v) is 17.4. The van der Waals surface area contributed by atoms with Crippen molar-refractivity contribution < 1.29 is 38.3 Å². The lowest BCUT2D eigenvalue weighted by Gasteiger charge is -2.32. The first-order valence-electron chi connectivity index (χ1n) is 8.48. The van der Waals surface area contributed by atoms with Crippen molar-refractivity contribution in [2.24, 2.45) is 4.99 Å². The Hall–Kier alpha value is -1.46. The third-order valence-corrected chi connectivity index (χ3v) is 3.84. The Morgan fingerprint density at radius 1 is 1.04 bits per heavy atom. The molecule has 0 aromatic rings. The second-order valence-corrected chi connectivity index (χ2v) is 6.49. The van der Waals surface area contributed by atoms with Gasteiger partial charge in [-0.2, -0.15) is 4.89 Å². The Morgan fingerprint density at radius 2 is 1.63 bits per heavy atom. The molecule has 10 nitrogen and oxygen atoms in total. The summed E-state index contributed by atoms with van der Waals surface area (Å²) in [7, 11) is 7.59. The van der Waals surface area contributed by atoms with E-state index in [2.05, 4.69) is 15.2 Å². The van der Waals surface area contributed by atoms with E-state index in [0.717, 1.165) is 0 Å². The third-order valence-electron chi connectivity index (χ3n) is 3.84. The van der Waals surface area contributed by atoms with Crippen LogP contribution in [-0.2, 0) is 33.5 Å². The average Bonchev–Trinajstić information content (AvgIpc) is 2.59. The first kappa shape index (κ1) is 25.5. The lowest BCUT2D eigenvalue weighted by molar-refractivity contribution is -0.188. The first-order valence-corrected chi connectivity index (χ1v) is 8.48. The molecule has 1 amide bonds. The summed E-state index contributed by atoms with van der Waals surface area (Å²) in [6.45, 7) is 4.63. The fraction of sp³-hybridized carbons (Fsp3) is 0.882. The largest absolute Gasteiger partial charge is 0.449 e. The molecular formula is C17H34N2O8. The summed E-state index contributed by atoms with van der Waals surface area (Å²) in [5.41, 5.74) is -1.43. The Balaban J connectivity index is 4.72. The lowest BCUT2D eigenvalue weighted by atomic mass is 9.94. The van der Waals surface area contributed by atoms with Crippen molar-refractivity contribution in [1.29, 1.82) is 0 Å². The van der Waals surface area contributed by atoms with Gasteiger partial charge >= 0.3 is 6.09 Å². The molecule has 0 rings (SSSR count). The van der Waals surface area contributed by atoms with Crippen LogP contribution in [0.3, 0.4) is 0 Å². The molecule has 27 heavy (non-hydrogen) atoms. The molecule has 0 bridgehead atoms. The monoisotopic (exact) mass is 394 g/mol. The first-order chi connectivity index (χ1) is 12.8. The zero-order valence-electron chi connectivity index (χ0n) is 17.4. The number of alkyl carbamates (subject to hydrolysis) is 1. The van der Waals surface area contributed by atoms with E-state index in [1.807, 2.05) is 6.92 Å². The molecule has 0 aromatic heterocycles. The number of carbonyl (C=O) groups excluding carboxylic acids is 1. The third kappa shape index (κ3) is 9.87. The second-order valence-electron chi connectivity index (χ2n) is 6.49. The van der Waals surface area contributed by atoms with E-state index in [9.17, 15) is 4.79 Å². The summed E-state index contributed by atoms with van der Waals surface area (Å²) >= 11 is 0. The highest BCUT2D eigenvalue weighted by Gasteiger charge is 2.35. The number of nitrogens with one attached hydrogen (secondary N) is 1. The number of aliphatic imine (C=N–C) groups is 1. The number of ether oxygens (including phenoxy) is 5. The highest BCUT2D eigenvalue weighted by molar-refractivity contribution is 5.68. The maximum atomic E-state index is 12.1. The lowest BCUT2D eigenvalue weighted by Crippen LogP contribution is -2.53. The molecule has 0 heterocycles. The van der Waals surface area contributed by atoms with Crippen molar-refractivity contribution in [1.82, 2.24) is 5.32 Å². The molecule has 2 unspecified atom stereocenters. The zero-order chi connectivity index (χ0) is 20.8. The number of carbonyl (C=O) groups is 1. The minimum absolute atomic E-state index is 0.125. The molecule has 0 spiro atoms. The van der Waals surface area contributed by atoms with Gasteiger partial charge in [-0.25, -0.2) is 9.79 Å². The predicted octanol–water partition coefficient (Wildman–Crippen LogP) is 1.18. The summed E-state index contributed by atoms with van der Waals surface area (Å²) in [6.07, 6.45) is 0.631. The number of rotatable bonds is 15. The number of hydrogen-bond acceptors (Lipinski definition) is 9. The molecule has 0 aliphatic rings. The number of amides is 1. The molecule has 0 radical (unpaired) electrons. The fourth-order valence-electron chi connectivity index (χ4n) is 2.67. The van der Waals surface area contributed by atoms with E-state index in [0.29, 0.717) is 6.42 Å². The normalized spacial score (nSPS) is 15.4. The SMILES string of the molecule is COCC(C)(COC)NC(=O)OCCC(OC)C(C)(COC)/N=C/OOC. The molecule has 0 saturated heterocycles. The molecule has 1 N–H and O–H groups in total. The van der Waals surface area contributed by atoms with E-state index in [1.54, 1.807) is 35.4 Å². The van der Waals surface area contributed by atoms with Crippen molar-refractivity contribution in [2.75, 3.05) is 62.0 Å². The molecule has 0 aromatic carbocycles. The van der Waals surface area contributed by atoms with Crippen LogP contribution in [0, 0.1) is 0 Å². The van der Waals surface area contributed by atoms with Gasteiger partial charge in [0, 0.05) is 34.9 Å². The fourth-order valence-corrected chi connectivity index (χ4v) is 2.67. The van der Waals surface area contributed by atoms with Gasteiger partial charge in [0.05, 0.1) is 45.2 Å². The van der Waals surface area contributed by atoms with Crippen LogP contribution in [-0.4, -0.2) is 91.7 Å². The molecular weight excluding hydrogens is 360 g/mol. The van der Waals surface area contributed by atoms with Gasteiger partial charge in [-0.3, -0.25) is 0 Å². The number of nitrogens with zero attached hydrogens (tertiary/aromatic N) is 1. The van der Waals surface area contributed by atoms with Gasteiger partial charge in [-0.1, -0.05) is 0 Å². The Bertz CT molecular complexity index is 429. The van der Waals surface area contributed by atoms with Crippen molar-refractivity contribution >= 4 is 12.5 Å². The van der Waals surface area contributed by atoms with Crippen LogP contribution in [0.2, 0.25) is 0 Å². The van der Waals surface area contributed by atoms with Crippen molar-refractivity contribution in [3.63, 3.8) is 0 Å². The van der Waals surface area contributed by atoms with Gasteiger partial charge < -0.3 is 33.9 Å². The van der Waals surface area contributed by atoms with Gasteiger partial charge in [0.15, 0.2) is 0 Å². The van der Waals surface area contributed by atoms with Crippen molar-refractivity contribution in [3.05, 3.63) is 0 Å². The van der Waals surface area contributed by atoms with E-state index in [1.165, 1.54) is 13.5 Å². The summed E-state index contributed by atoms with van der Waals surface area (Å²) < 4.78 is 26.3. The van der Waals surface area contributed by atoms with Crippen LogP contribution >= 0.6 is 0 Å². The highest BCUT2D eigenvalue weighted by atomic mass is 17.2. The molecule has 160 valence electrons. The van der Waals surface area contributed by atoms with Gasteiger partial charge in [0.1, 0.15) is 5.54 Å². The van der Waals surface area contributed by atoms with E-state index >= 15 is 0 Å². The minimum atomic E-state index is -0.748. The molecule has 0 saturated carbocycles. The van der Waals surface area contributed by atoms with Crippen LogP contribution in [0.25, 0.3) is 0 Å². The number of methoxy groups -OCH3 is 4. The Kier molecular flexibility index (Phi) is 12.9. The van der Waals surface area contributed by atoms with Crippen LogP contribution in [0.4, 0.5) is 4.79 Å². The minimum Gasteiger partial charge on any atom is -0.449 e. The molecule has 10 heteroatoms. The predicted molar refractivity (Wildman–Crippen MR) is 98.9 cm³/mol. The second kappa shape index (κ2) is 13.7. The van der Waals surface area contributed by atoms with Crippen LogP contribution in [0.5, 0.6) is 0 Å². The number of hydrogen-bond donors (Lipinski definition) is 1. The Morgan fingerprint density at radius 3 is 2.11 bits per heavy atom. The highest BCUT2D eigenvalue weighted by Crippen LogP contribution is 2.22. The summed E-state index contributed by atoms with van der Waals surface area (Å²) in [5, 5.41) is 2.75. The van der Waals surface area contributed by atoms with Crippen LogP contribution in [0.15, 0.2) is 4.99 Å². The van der Waals surface area contributed by atoms with E-state index in [-0.39, 0.29) is 32.5 Å². The average molecular weight is 394 g/mol. The van der Waals surface area contributed by atoms with Gasteiger partial charge in [0.2, 0.25) is 6.40 Å². The summed E-state index contributed by atoms with van der Waals surface area (Å²) in [5.74, 6) is 0. The standard InChI is InChI=1S/C17H34N2O8/c1-16(10-21-3,11-22-4)19-15(20)26-9-8-14(24-6)17(2,12-23-5)18-13-27-25-7/h13-14H,8-12H2,1-7H3,(H,19,20)/b18-13+. The van der Waals surface area contributed by atoms with Gasteiger partial charge in [-0.05, 0) is 13.8 Å². The van der Waals surface area contributed by atoms with Crippen molar-refractivity contribution in [2.45, 2.75) is 37.5 Å². The maximum absolute atomic E-state index is 12.1. The summed E-state index contributed by atoms with van der Waals surface area (Å²) in [4.78, 5) is 25.6. The van der Waals surface area contributed by atoms with E-state index < -0.39 is 17.2 Å². The summed E-state index contributed by atoms with van der Waals surface area (Å²) in [6, 6.07) is 0. The van der Waals surface area contributed by atoms with Crippen LogP contribution < -0.4 is 5.32 Å². The van der Waals surface area contributed by atoms with E-state index in [4.69, 9.17) is 28.6 Å². The maximum Gasteiger partial charge on any atom is 0.407 e. The van der Waals surface area contributed by atoms with Crippen LogP contribution in [0.1, 0.15) is 20.3 Å². The Labute approximate surface area is 161 Å². The molecule has 0 fully saturated rings. The molecule has 0 aliphatic carbocycles. The van der Waals surface area contributed by atoms with Crippen molar-refractivity contribution in [3.8, 4) is 0 Å². The topological polar surface area (TPSA) is 106 Å². The smallest absolute Gasteiger partial charge is 0.407 e. The quantitative estimate of drug-likeness (QED) is 0.191. The molecule has 2 atom stereocenters.